The summed E-state index contributed by atoms with van der Waals surface area (Å²) in [6.45, 7) is 0.0131. The van der Waals surface area contributed by atoms with Gasteiger partial charge in [-0.05, 0) is 29.8 Å². The van der Waals surface area contributed by atoms with Crippen LogP contribution in [-0.2, 0) is 21.0 Å². The number of oxime groups is 1. The summed E-state index contributed by atoms with van der Waals surface area (Å²) in [6.07, 6.45) is -0.197. The number of halogens is 2. The summed E-state index contributed by atoms with van der Waals surface area (Å²) in [5.41, 5.74) is 6.99. The maximum atomic E-state index is 11.9. The first-order valence-electron chi connectivity index (χ1n) is 7.94. The third kappa shape index (κ3) is 7.55. The number of hydrogen-bond donors (Lipinski definition) is 3. The van der Waals surface area contributed by atoms with Crippen LogP contribution in [0, 0.1) is 0 Å². The standard InChI is InChI=1S/C18H18Cl2N4O3/c19-13-7-5-12(6-8-13)10-22-18(26)11-27-24-16(21)9-17(25)23-15-4-2-1-3-14(15)20/h1-8H,9-11H2,(H2,21,24)(H,22,26)(H,23,25). The van der Waals surface area contributed by atoms with E-state index in [9.17, 15) is 9.59 Å². The van der Waals surface area contributed by atoms with Crippen molar-refractivity contribution in [3.63, 3.8) is 0 Å². The predicted molar refractivity (Wildman–Crippen MR) is 106 cm³/mol. The molecule has 0 spiro atoms. The zero-order valence-electron chi connectivity index (χ0n) is 14.2. The summed E-state index contributed by atoms with van der Waals surface area (Å²) < 4.78 is 0. The van der Waals surface area contributed by atoms with Crippen molar-refractivity contribution >= 4 is 46.5 Å². The second-order valence-electron chi connectivity index (χ2n) is 5.46. The van der Waals surface area contributed by atoms with Crippen molar-refractivity contribution in [1.82, 2.24) is 5.32 Å². The maximum absolute atomic E-state index is 11.9. The number of nitrogens with one attached hydrogen (secondary N) is 2. The van der Waals surface area contributed by atoms with Crippen molar-refractivity contribution in [3.8, 4) is 0 Å². The van der Waals surface area contributed by atoms with E-state index in [1.54, 1.807) is 48.5 Å². The fourth-order valence-electron chi connectivity index (χ4n) is 1.98. The minimum absolute atomic E-state index is 0.0648. The van der Waals surface area contributed by atoms with Gasteiger partial charge in [-0.2, -0.15) is 0 Å². The molecular formula is C18H18Cl2N4O3. The van der Waals surface area contributed by atoms with Gasteiger partial charge in [-0.25, -0.2) is 0 Å². The highest BCUT2D eigenvalue weighted by Crippen LogP contribution is 2.20. The molecule has 2 amide bonds. The molecule has 0 unspecified atom stereocenters. The molecule has 2 aromatic carbocycles. The molecular weight excluding hydrogens is 391 g/mol. The van der Waals surface area contributed by atoms with Gasteiger partial charge in [0.05, 0.1) is 17.1 Å². The Bertz CT molecular complexity index is 826. The van der Waals surface area contributed by atoms with Crippen LogP contribution in [0.3, 0.4) is 0 Å². The Hall–Kier alpha value is -2.77. The molecule has 0 heterocycles. The highest BCUT2D eigenvalue weighted by Gasteiger charge is 2.08. The number of nitrogens with zero attached hydrogens (tertiary/aromatic N) is 1. The largest absolute Gasteiger partial charge is 0.384 e. The van der Waals surface area contributed by atoms with Crippen molar-refractivity contribution in [3.05, 3.63) is 64.1 Å². The lowest BCUT2D eigenvalue weighted by Crippen LogP contribution is -2.27. The minimum Gasteiger partial charge on any atom is -0.384 e. The second kappa shape index (κ2) is 10.4. The Morgan fingerprint density at radius 3 is 2.44 bits per heavy atom. The van der Waals surface area contributed by atoms with E-state index >= 15 is 0 Å². The maximum Gasteiger partial charge on any atom is 0.261 e. The molecule has 2 aromatic rings. The number of amidine groups is 1. The van der Waals surface area contributed by atoms with Gasteiger partial charge in [0.15, 0.2) is 6.61 Å². The Morgan fingerprint density at radius 1 is 1.04 bits per heavy atom. The molecule has 7 nitrogen and oxygen atoms in total. The first kappa shape index (κ1) is 20.5. The fourth-order valence-corrected chi connectivity index (χ4v) is 2.29. The van der Waals surface area contributed by atoms with Gasteiger partial charge in [-0.15, -0.1) is 0 Å². The van der Waals surface area contributed by atoms with E-state index in [-0.39, 0.29) is 24.8 Å². The van der Waals surface area contributed by atoms with Crippen molar-refractivity contribution in [2.45, 2.75) is 13.0 Å². The Labute approximate surface area is 166 Å². The van der Waals surface area contributed by atoms with Crippen molar-refractivity contribution in [2.24, 2.45) is 10.9 Å². The Balaban J connectivity index is 1.70. The molecule has 0 aromatic heterocycles. The third-order valence-corrected chi connectivity index (χ3v) is 3.85. The van der Waals surface area contributed by atoms with E-state index in [1.807, 2.05) is 0 Å². The number of nitrogens with two attached hydrogens (primary N) is 1. The van der Waals surface area contributed by atoms with Gasteiger partial charge >= 0.3 is 0 Å². The van der Waals surface area contributed by atoms with E-state index in [2.05, 4.69) is 15.8 Å². The molecule has 0 aliphatic carbocycles. The zero-order chi connectivity index (χ0) is 19.6. The van der Waals surface area contributed by atoms with Gasteiger partial charge in [0, 0.05) is 11.6 Å². The van der Waals surface area contributed by atoms with Gasteiger partial charge in [0.25, 0.3) is 5.91 Å². The molecule has 0 radical (unpaired) electrons. The molecule has 0 bridgehead atoms. The van der Waals surface area contributed by atoms with Crippen LogP contribution in [0.25, 0.3) is 0 Å². The summed E-state index contributed by atoms with van der Waals surface area (Å²) in [5.74, 6) is -0.841. The summed E-state index contributed by atoms with van der Waals surface area (Å²) >= 11 is 11.7. The first-order chi connectivity index (χ1) is 12.9. The Kier molecular flexibility index (Phi) is 7.91. The van der Waals surface area contributed by atoms with Gasteiger partial charge in [-0.1, -0.05) is 52.6 Å². The molecule has 4 N–H and O–H groups in total. The summed E-state index contributed by atoms with van der Waals surface area (Å²) in [6, 6.07) is 13.9. The first-order valence-corrected chi connectivity index (χ1v) is 8.69. The minimum atomic E-state index is -0.403. The third-order valence-electron chi connectivity index (χ3n) is 3.27. The van der Waals surface area contributed by atoms with Crippen LogP contribution in [-0.4, -0.2) is 24.3 Å². The average Bonchev–Trinajstić information content (AvgIpc) is 2.63. The monoisotopic (exact) mass is 408 g/mol. The quantitative estimate of drug-likeness (QED) is 0.354. The number of anilines is 1. The smallest absolute Gasteiger partial charge is 0.261 e. The van der Waals surface area contributed by atoms with Crippen LogP contribution >= 0.6 is 23.2 Å². The van der Waals surface area contributed by atoms with E-state index in [0.717, 1.165) is 5.56 Å². The van der Waals surface area contributed by atoms with E-state index in [1.165, 1.54) is 0 Å². The topological polar surface area (TPSA) is 106 Å². The lowest BCUT2D eigenvalue weighted by Gasteiger charge is -2.07. The van der Waals surface area contributed by atoms with E-state index < -0.39 is 5.91 Å². The molecule has 2 rings (SSSR count). The van der Waals surface area contributed by atoms with Crippen molar-refractivity contribution in [1.29, 1.82) is 0 Å². The molecule has 9 heteroatoms. The molecule has 0 fully saturated rings. The summed E-state index contributed by atoms with van der Waals surface area (Å²) in [4.78, 5) is 28.4. The van der Waals surface area contributed by atoms with Crippen LogP contribution in [0.5, 0.6) is 0 Å². The van der Waals surface area contributed by atoms with Gasteiger partial charge in [0.2, 0.25) is 5.91 Å². The van der Waals surface area contributed by atoms with E-state index in [4.69, 9.17) is 33.8 Å². The predicted octanol–water partition coefficient (Wildman–Crippen LogP) is 2.93. The van der Waals surface area contributed by atoms with Gasteiger partial charge in [0.1, 0.15) is 5.84 Å². The van der Waals surface area contributed by atoms with Crippen molar-refractivity contribution < 1.29 is 14.4 Å². The normalized spacial score (nSPS) is 11.0. The van der Waals surface area contributed by atoms with Crippen LogP contribution in [0.4, 0.5) is 5.69 Å². The number of hydrogen-bond acceptors (Lipinski definition) is 4. The molecule has 0 saturated carbocycles. The van der Waals surface area contributed by atoms with Gasteiger partial charge in [-0.3, -0.25) is 9.59 Å². The lowest BCUT2D eigenvalue weighted by molar-refractivity contribution is -0.125. The van der Waals surface area contributed by atoms with Gasteiger partial charge < -0.3 is 21.2 Å². The van der Waals surface area contributed by atoms with Crippen LogP contribution < -0.4 is 16.4 Å². The average molecular weight is 409 g/mol. The van der Waals surface area contributed by atoms with Crippen molar-refractivity contribution in [2.75, 3.05) is 11.9 Å². The van der Waals surface area contributed by atoms with E-state index in [0.29, 0.717) is 22.3 Å². The number of benzene rings is 2. The van der Waals surface area contributed by atoms with Crippen LogP contribution in [0.15, 0.2) is 53.7 Å². The Morgan fingerprint density at radius 2 is 1.74 bits per heavy atom. The molecule has 0 saturated heterocycles. The number of rotatable bonds is 8. The molecule has 0 atom stereocenters. The zero-order valence-corrected chi connectivity index (χ0v) is 15.8. The molecule has 0 aliphatic heterocycles. The molecule has 27 heavy (non-hydrogen) atoms. The highest BCUT2D eigenvalue weighted by atomic mass is 35.5. The molecule has 0 aliphatic rings. The second-order valence-corrected chi connectivity index (χ2v) is 6.31. The van der Waals surface area contributed by atoms with Crippen LogP contribution in [0.1, 0.15) is 12.0 Å². The summed E-state index contributed by atoms with van der Waals surface area (Å²) in [5, 5.41) is 9.86. The number of amides is 2. The SMILES string of the molecule is N/C(CC(=O)Nc1ccccc1Cl)=N/OCC(=O)NCc1ccc(Cl)cc1. The summed E-state index contributed by atoms with van der Waals surface area (Å²) in [7, 11) is 0. The number of carbonyl (C=O) groups is 2. The fraction of sp³-hybridized carbons (Fsp3) is 0.167. The number of para-hydroxylation sites is 1. The van der Waals surface area contributed by atoms with Crippen LogP contribution in [0.2, 0.25) is 10.0 Å². The highest BCUT2D eigenvalue weighted by molar-refractivity contribution is 6.33. The number of carbonyl (C=O) groups excluding carboxylic acids is 2. The molecule has 142 valence electrons. The lowest BCUT2D eigenvalue weighted by atomic mass is 10.2.